The predicted octanol–water partition coefficient (Wildman–Crippen LogP) is 17.2. The van der Waals surface area contributed by atoms with Gasteiger partial charge in [0.1, 0.15) is 0 Å². The van der Waals surface area contributed by atoms with Crippen LogP contribution in [0, 0.1) is 17.8 Å². The third-order valence-corrected chi connectivity index (χ3v) is 23.6. The normalized spacial score (nSPS) is 20.3. The van der Waals surface area contributed by atoms with Gasteiger partial charge in [0.05, 0.1) is 32.1 Å². The molecule has 3 aromatic heterocycles. The van der Waals surface area contributed by atoms with E-state index in [0.717, 1.165) is 177 Å². The molecule has 6 aromatic rings. The summed E-state index contributed by atoms with van der Waals surface area (Å²) in [6, 6.07) is 19.3. The molecule has 13 rings (SSSR count). The zero-order valence-electron chi connectivity index (χ0n) is 45.2. The Hall–Kier alpha value is -2.05. The Morgan fingerprint density at radius 2 is 0.951 bits per heavy atom. The second kappa shape index (κ2) is 27.8. The van der Waals surface area contributed by atoms with E-state index >= 15 is 0 Å². The molecule has 0 radical (unpaired) electrons. The van der Waals surface area contributed by atoms with Gasteiger partial charge < -0.3 is 20.9 Å². The molecular formula is C64H66Br6Cl3N7O. The van der Waals surface area contributed by atoms with Crippen molar-refractivity contribution in [2.75, 3.05) is 52.4 Å². The maximum Gasteiger partial charge on any atom is 0.222 e. The van der Waals surface area contributed by atoms with E-state index in [1.807, 2.05) is 36.8 Å². The highest BCUT2D eigenvalue weighted by Gasteiger charge is 2.37. The molecule has 17 heteroatoms. The van der Waals surface area contributed by atoms with Crippen LogP contribution in [0.25, 0.3) is 5.57 Å². The molecule has 7 aliphatic rings. The second-order valence-electron chi connectivity index (χ2n) is 22.7. The molecule has 7 heterocycles. The van der Waals surface area contributed by atoms with Gasteiger partial charge in [0.25, 0.3) is 0 Å². The van der Waals surface area contributed by atoms with Crippen molar-refractivity contribution in [1.29, 1.82) is 0 Å². The molecule has 4 saturated heterocycles. The van der Waals surface area contributed by atoms with E-state index in [9.17, 15) is 4.79 Å². The lowest BCUT2D eigenvalue weighted by Gasteiger charge is -2.37. The third kappa shape index (κ3) is 13.7. The summed E-state index contributed by atoms with van der Waals surface area (Å²) in [5, 5.41) is 12.7. The summed E-state index contributed by atoms with van der Waals surface area (Å²) in [6.45, 7) is 8.05. The van der Waals surface area contributed by atoms with Crippen molar-refractivity contribution in [1.82, 2.24) is 35.8 Å². The van der Waals surface area contributed by atoms with Crippen LogP contribution in [-0.4, -0.2) is 78.1 Å². The quantitative estimate of drug-likeness (QED) is 0.162. The fourth-order valence-corrected chi connectivity index (χ4v) is 17.2. The van der Waals surface area contributed by atoms with Gasteiger partial charge in [0, 0.05) is 82.3 Å². The Morgan fingerprint density at radius 3 is 1.51 bits per heavy atom. The third-order valence-electron chi connectivity index (χ3n) is 17.9. The van der Waals surface area contributed by atoms with E-state index in [-0.39, 0.29) is 5.92 Å². The molecule has 3 aromatic carbocycles. The number of fused-ring (bicyclic) bond motifs is 6. The van der Waals surface area contributed by atoms with Crippen LogP contribution in [0.1, 0.15) is 137 Å². The molecule has 0 spiro atoms. The molecule has 0 saturated carbocycles. The number of hydrogen-bond donors (Lipinski definition) is 3. The lowest BCUT2D eigenvalue weighted by Crippen LogP contribution is -2.41. The van der Waals surface area contributed by atoms with Gasteiger partial charge in [-0.15, -0.1) is 0 Å². The minimum Gasteiger partial charge on any atom is -0.343 e. The lowest BCUT2D eigenvalue weighted by atomic mass is 9.76. The van der Waals surface area contributed by atoms with Crippen molar-refractivity contribution in [3.05, 3.63) is 188 Å². The van der Waals surface area contributed by atoms with Crippen LogP contribution in [0.2, 0.25) is 15.1 Å². The largest absolute Gasteiger partial charge is 0.343 e. The van der Waals surface area contributed by atoms with E-state index < -0.39 is 0 Å². The Labute approximate surface area is 543 Å². The Kier molecular flexibility index (Phi) is 20.8. The second-order valence-corrected chi connectivity index (χ2v) is 29.0. The van der Waals surface area contributed by atoms with Crippen LogP contribution in [-0.2, 0) is 43.3 Å². The fourth-order valence-electron chi connectivity index (χ4n) is 13.8. The van der Waals surface area contributed by atoms with Crippen LogP contribution >= 0.6 is 130 Å². The number of amides is 1. The van der Waals surface area contributed by atoms with Gasteiger partial charge in [-0.25, -0.2) is 0 Å². The SMILES string of the molecule is Clc1ccc2c(c1Br)CCc1cc(Br)cnc1C2=C1CCNCC1.Clc1ccc2c(c1Br)CCc1cc(Br)cnc1C2C1CCNCC1.O=C(CC1CCNCC1)N1CCC(C2c3ccc(Cl)c(Br)c3CCc3cc(Br)cnc32)CC1. The van der Waals surface area contributed by atoms with Crippen molar-refractivity contribution in [2.24, 2.45) is 17.8 Å². The van der Waals surface area contributed by atoms with Crippen molar-refractivity contribution in [3.8, 4) is 0 Å². The maximum absolute atomic E-state index is 13.0. The zero-order valence-corrected chi connectivity index (χ0v) is 57.0. The number of rotatable bonds is 4. The summed E-state index contributed by atoms with van der Waals surface area (Å²) >= 11 is 41.2. The van der Waals surface area contributed by atoms with Gasteiger partial charge in [-0.3, -0.25) is 19.7 Å². The van der Waals surface area contributed by atoms with E-state index in [4.69, 9.17) is 49.8 Å². The highest BCUT2D eigenvalue weighted by atomic mass is 79.9. The van der Waals surface area contributed by atoms with Crippen molar-refractivity contribution >= 4 is 142 Å². The van der Waals surface area contributed by atoms with Gasteiger partial charge in [-0.2, -0.15) is 0 Å². The van der Waals surface area contributed by atoms with E-state index in [1.54, 1.807) is 0 Å². The number of hydrogen-bond acceptors (Lipinski definition) is 7. The molecule has 3 aliphatic carbocycles. The Balaban J connectivity index is 0.000000130. The summed E-state index contributed by atoms with van der Waals surface area (Å²) in [7, 11) is 0. The number of benzene rings is 3. The molecule has 4 fully saturated rings. The maximum atomic E-state index is 13.0. The molecule has 0 bridgehead atoms. The van der Waals surface area contributed by atoms with Gasteiger partial charge in [-0.05, 0) is 329 Å². The number of aromatic nitrogens is 3. The number of piperidine rings is 4. The molecule has 1 amide bonds. The predicted molar refractivity (Wildman–Crippen MR) is 352 cm³/mol. The highest BCUT2D eigenvalue weighted by molar-refractivity contribution is 9.11. The van der Waals surface area contributed by atoms with Gasteiger partial charge in [0.15, 0.2) is 0 Å². The van der Waals surface area contributed by atoms with Crippen molar-refractivity contribution in [2.45, 2.75) is 108 Å². The van der Waals surface area contributed by atoms with E-state index in [0.29, 0.717) is 36.0 Å². The zero-order chi connectivity index (χ0) is 56.3. The van der Waals surface area contributed by atoms with Crippen LogP contribution in [0.3, 0.4) is 0 Å². The van der Waals surface area contributed by atoms with Crippen LogP contribution < -0.4 is 16.0 Å². The fraction of sp³-hybridized carbons (Fsp3) is 0.438. The number of carbonyl (C=O) groups excluding carboxylic acids is 1. The molecule has 8 nitrogen and oxygen atoms in total. The van der Waals surface area contributed by atoms with Gasteiger partial charge in [-0.1, -0.05) is 58.6 Å². The number of nitrogens with one attached hydrogen (secondary N) is 3. The summed E-state index contributed by atoms with van der Waals surface area (Å²) in [6.07, 6.45) is 21.2. The first kappa shape index (κ1) is 60.6. The molecule has 2 unspecified atom stereocenters. The molecular weight excluding hydrogens is 1470 g/mol. The van der Waals surface area contributed by atoms with E-state index in [2.05, 4.69) is 153 Å². The number of aryl methyl sites for hydroxylation is 3. The molecule has 3 N–H and O–H groups in total. The average Bonchev–Trinajstić information content (AvgIpc) is 4.11. The molecule has 2 atom stereocenters. The number of nitrogens with zero attached hydrogens (tertiary/aromatic N) is 4. The number of halogens is 9. The monoisotopic (exact) mass is 1530 g/mol. The summed E-state index contributed by atoms with van der Waals surface area (Å²) in [4.78, 5) is 29.7. The van der Waals surface area contributed by atoms with Gasteiger partial charge in [0.2, 0.25) is 5.91 Å². The first-order chi connectivity index (χ1) is 39.3. The van der Waals surface area contributed by atoms with Crippen molar-refractivity contribution < 1.29 is 4.79 Å². The van der Waals surface area contributed by atoms with Crippen LogP contribution in [0.15, 0.2) is 106 Å². The highest BCUT2D eigenvalue weighted by Crippen LogP contribution is 2.48. The van der Waals surface area contributed by atoms with E-state index in [1.165, 1.54) is 85.4 Å². The van der Waals surface area contributed by atoms with Gasteiger partial charge >= 0.3 is 0 Å². The Morgan fingerprint density at radius 1 is 0.506 bits per heavy atom. The smallest absolute Gasteiger partial charge is 0.222 e. The summed E-state index contributed by atoms with van der Waals surface area (Å²) in [5.41, 5.74) is 18.4. The Bertz CT molecular complexity index is 3330. The topological polar surface area (TPSA) is 95.1 Å². The lowest BCUT2D eigenvalue weighted by molar-refractivity contribution is -0.133. The number of pyridine rings is 3. The minimum absolute atomic E-state index is 0.237. The molecule has 4 aliphatic heterocycles. The minimum atomic E-state index is 0.237. The first-order valence-corrected chi connectivity index (χ1v) is 34.7. The average molecular weight is 1540 g/mol. The van der Waals surface area contributed by atoms with Crippen LogP contribution in [0.5, 0.6) is 0 Å². The van der Waals surface area contributed by atoms with Crippen LogP contribution in [0.4, 0.5) is 0 Å². The number of likely N-dealkylation sites (tertiary alicyclic amines) is 1. The summed E-state index contributed by atoms with van der Waals surface area (Å²) < 4.78 is 6.25. The number of carbonyl (C=O) groups is 1. The standard InChI is InChI=1S/C26H30Br2ClN3O.C19H19Br2ClN2.C19H17Br2ClN2/c27-19-14-18-1-2-21-20(3-4-22(29)25(21)28)24(26(18)31-15-19)17-7-11-32(12-8-17)23(33)13-16-5-9-30-10-6-16;2*20-13-9-12-1-2-15-14(3-4-16(22)18(15)21)17(19(12)24-10-13)11-5-7-23-8-6-11/h3-4,14-17,24,30H,1-2,5-13H2;3-4,9-11,17,23H,1-2,5-8H2;3-4,9-10,23H,1-2,5-8H2. The molecule has 426 valence electrons. The molecule has 81 heavy (non-hydrogen) atoms. The summed E-state index contributed by atoms with van der Waals surface area (Å²) in [5.74, 6) is 2.58. The first-order valence-electron chi connectivity index (χ1n) is 28.8. The van der Waals surface area contributed by atoms with Crippen molar-refractivity contribution in [3.63, 3.8) is 0 Å².